The molecule has 0 spiro atoms. The number of halogens is 6. The smallest absolute Gasteiger partial charge is 0.332 e. The van der Waals surface area contributed by atoms with Gasteiger partial charge in [0.15, 0.2) is 5.11 Å². The Morgan fingerprint density at radius 1 is 0.667 bits per heavy atom. The Balaban J connectivity index is 1.87. The Morgan fingerprint density at radius 3 is 1.77 bits per heavy atom. The summed E-state index contributed by atoms with van der Waals surface area (Å²) in [4.78, 5) is 0. The lowest BCUT2D eigenvalue weighted by atomic mass is 10.0. The van der Waals surface area contributed by atoms with Gasteiger partial charge in [-0.3, -0.25) is 0 Å². The predicted octanol–water partition coefficient (Wildman–Crippen LogP) is 7.20. The van der Waals surface area contributed by atoms with Crippen LogP contribution in [0, 0.1) is 0 Å². The van der Waals surface area contributed by atoms with Gasteiger partial charge in [-0.05, 0) is 42.0 Å². The van der Waals surface area contributed by atoms with Gasteiger partial charge in [0.25, 0.3) is 0 Å². The molecule has 3 rings (SSSR count). The number of rotatable bonds is 3. The van der Waals surface area contributed by atoms with E-state index >= 15 is 0 Å². The van der Waals surface area contributed by atoms with E-state index in [1.165, 1.54) is 0 Å². The predicted molar refractivity (Wildman–Crippen MR) is 108 cm³/mol. The summed E-state index contributed by atoms with van der Waals surface area (Å²) in [5.74, 6) is 0. The highest BCUT2D eigenvalue weighted by molar-refractivity contribution is 7.80. The molecule has 0 aromatic heterocycles. The summed E-state index contributed by atoms with van der Waals surface area (Å²) in [5, 5.41) is 5.10. The van der Waals surface area contributed by atoms with Crippen LogP contribution in [0.4, 0.5) is 37.7 Å². The average molecular weight is 440 g/mol. The fourth-order valence-electron chi connectivity index (χ4n) is 2.77. The lowest BCUT2D eigenvalue weighted by Gasteiger charge is -2.17. The van der Waals surface area contributed by atoms with Gasteiger partial charge in [0.05, 0.1) is 11.1 Å². The lowest BCUT2D eigenvalue weighted by molar-refractivity contribution is -0.143. The Labute approximate surface area is 173 Å². The first-order chi connectivity index (χ1) is 14.0. The summed E-state index contributed by atoms with van der Waals surface area (Å²) in [7, 11) is 0. The molecule has 0 amide bonds. The fourth-order valence-corrected chi connectivity index (χ4v) is 3.00. The summed E-state index contributed by atoms with van der Waals surface area (Å²) in [6.45, 7) is 0. The van der Waals surface area contributed by atoms with Gasteiger partial charge in [0, 0.05) is 16.9 Å². The second-order valence-electron chi connectivity index (χ2n) is 6.29. The Morgan fingerprint density at radius 2 is 1.20 bits per heavy atom. The summed E-state index contributed by atoms with van der Waals surface area (Å²) in [6, 6.07) is 17.5. The Bertz CT molecular complexity index is 1010. The van der Waals surface area contributed by atoms with Crippen LogP contribution in [-0.2, 0) is 12.4 Å². The molecule has 0 bridgehead atoms. The van der Waals surface area contributed by atoms with Crippen molar-refractivity contribution < 1.29 is 26.3 Å². The van der Waals surface area contributed by atoms with Gasteiger partial charge >= 0.3 is 12.4 Å². The molecular weight excluding hydrogens is 426 g/mol. The molecule has 30 heavy (non-hydrogen) atoms. The van der Waals surface area contributed by atoms with Gasteiger partial charge in [-0.15, -0.1) is 0 Å². The topological polar surface area (TPSA) is 24.1 Å². The van der Waals surface area contributed by atoms with Crippen molar-refractivity contribution in [3.8, 4) is 11.1 Å². The largest absolute Gasteiger partial charge is 0.416 e. The Kier molecular flexibility index (Phi) is 6.02. The molecule has 0 heterocycles. The van der Waals surface area contributed by atoms with E-state index in [-0.39, 0.29) is 11.2 Å². The molecule has 0 saturated heterocycles. The molecule has 0 aliphatic heterocycles. The van der Waals surface area contributed by atoms with E-state index in [0.717, 1.165) is 11.1 Å². The minimum atomic E-state index is -4.94. The molecule has 3 aromatic carbocycles. The van der Waals surface area contributed by atoms with Crippen LogP contribution in [0.5, 0.6) is 0 Å². The van der Waals surface area contributed by atoms with Crippen LogP contribution in [0.1, 0.15) is 11.1 Å². The van der Waals surface area contributed by atoms with Gasteiger partial charge in [-0.2, -0.15) is 26.3 Å². The number of para-hydroxylation sites is 1. The normalized spacial score (nSPS) is 11.8. The van der Waals surface area contributed by atoms with Crippen molar-refractivity contribution >= 4 is 28.7 Å². The van der Waals surface area contributed by atoms with Crippen molar-refractivity contribution in [2.75, 3.05) is 10.6 Å². The van der Waals surface area contributed by atoms with Crippen molar-refractivity contribution in [2.24, 2.45) is 0 Å². The number of nitrogens with one attached hydrogen (secondary N) is 2. The molecule has 0 saturated carbocycles. The van der Waals surface area contributed by atoms with E-state index in [0.29, 0.717) is 17.8 Å². The van der Waals surface area contributed by atoms with Gasteiger partial charge < -0.3 is 10.6 Å². The van der Waals surface area contributed by atoms with Crippen molar-refractivity contribution in [2.45, 2.75) is 12.4 Å². The maximum atomic E-state index is 13.0. The standard InChI is InChI=1S/C21H14F6N2S/c22-20(23,24)14-10-15(21(25,26)27)12-16(11-14)28-19(30)29-18-9-5-4-8-17(18)13-6-2-1-3-7-13/h1-12H,(H2,28,29,30). The third-order valence-electron chi connectivity index (χ3n) is 4.11. The fraction of sp³-hybridized carbons (Fsp3) is 0.0952. The van der Waals surface area contributed by atoms with Crippen LogP contribution >= 0.6 is 12.2 Å². The molecule has 0 atom stereocenters. The monoisotopic (exact) mass is 440 g/mol. The molecule has 0 aliphatic rings. The van der Waals surface area contributed by atoms with Gasteiger partial charge in [-0.1, -0.05) is 48.5 Å². The molecule has 2 nitrogen and oxygen atoms in total. The first-order valence-corrected chi connectivity index (χ1v) is 8.97. The van der Waals surface area contributed by atoms with Crippen LogP contribution in [0.25, 0.3) is 11.1 Å². The Hall–Kier alpha value is -3.07. The molecule has 3 aromatic rings. The molecule has 156 valence electrons. The highest BCUT2D eigenvalue weighted by Crippen LogP contribution is 2.37. The molecule has 2 N–H and O–H groups in total. The summed E-state index contributed by atoms with van der Waals surface area (Å²) >= 11 is 5.12. The number of thiocarbonyl (C=S) groups is 1. The first-order valence-electron chi connectivity index (χ1n) is 8.56. The summed E-state index contributed by atoms with van der Waals surface area (Å²) in [6.07, 6.45) is -9.88. The van der Waals surface area contributed by atoms with Crippen molar-refractivity contribution in [1.29, 1.82) is 0 Å². The minimum absolute atomic E-state index is 0.0619. The van der Waals surface area contributed by atoms with E-state index in [1.54, 1.807) is 18.2 Å². The van der Waals surface area contributed by atoms with Crippen molar-refractivity contribution in [3.63, 3.8) is 0 Å². The highest BCUT2D eigenvalue weighted by Gasteiger charge is 2.37. The average Bonchev–Trinajstić information content (AvgIpc) is 2.67. The maximum Gasteiger partial charge on any atom is 0.416 e. The molecule has 0 radical (unpaired) electrons. The van der Waals surface area contributed by atoms with E-state index in [9.17, 15) is 26.3 Å². The molecule has 9 heteroatoms. The summed E-state index contributed by atoms with van der Waals surface area (Å²) < 4.78 is 78.1. The molecule has 0 fully saturated rings. The molecule has 0 aliphatic carbocycles. The van der Waals surface area contributed by atoms with E-state index in [4.69, 9.17) is 12.2 Å². The van der Waals surface area contributed by atoms with E-state index in [1.807, 2.05) is 36.4 Å². The number of benzene rings is 3. The SMILES string of the molecule is FC(F)(F)c1cc(NC(=S)Nc2ccccc2-c2ccccc2)cc(C(F)(F)F)c1. The molecule has 0 unspecified atom stereocenters. The number of hydrogen-bond donors (Lipinski definition) is 2. The number of anilines is 2. The summed E-state index contributed by atoms with van der Waals surface area (Å²) in [5.41, 5.74) is -1.10. The number of hydrogen-bond acceptors (Lipinski definition) is 1. The minimum Gasteiger partial charge on any atom is -0.332 e. The van der Waals surface area contributed by atoms with Gasteiger partial charge in [0.2, 0.25) is 0 Å². The number of alkyl halides is 6. The zero-order valence-electron chi connectivity index (χ0n) is 15.1. The first kappa shape index (κ1) is 21.6. The third-order valence-corrected chi connectivity index (χ3v) is 4.31. The van der Waals surface area contributed by atoms with Crippen LogP contribution in [0.2, 0.25) is 0 Å². The highest BCUT2D eigenvalue weighted by atomic mass is 32.1. The van der Waals surface area contributed by atoms with Crippen LogP contribution in [0.15, 0.2) is 72.8 Å². The van der Waals surface area contributed by atoms with Gasteiger partial charge in [-0.25, -0.2) is 0 Å². The van der Waals surface area contributed by atoms with Crippen LogP contribution < -0.4 is 10.6 Å². The second kappa shape index (κ2) is 8.35. The van der Waals surface area contributed by atoms with Crippen molar-refractivity contribution in [3.05, 3.63) is 83.9 Å². The maximum absolute atomic E-state index is 13.0. The quantitative estimate of drug-likeness (QED) is 0.333. The van der Waals surface area contributed by atoms with E-state index in [2.05, 4.69) is 10.6 Å². The van der Waals surface area contributed by atoms with Gasteiger partial charge in [0.1, 0.15) is 0 Å². The van der Waals surface area contributed by atoms with Crippen LogP contribution in [-0.4, -0.2) is 5.11 Å². The zero-order valence-corrected chi connectivity index (χ0v) is 15.9. The lowest BCUT2D eigenvalue weighted by Crippen LogP contribution is -2.21. The third kappa shape index (κ3) is 5.29. The molecular formula is C21H14F6N2S. The van der Waals surface area contributed by atoms with E-state index < -0.39 is 29.2 Å². The second-order valence-corrected chi connectivity index (χ2v) is 6.69. The van der Waals surface area contributed by atoms with Crippen LogP contribution in [0.3, 0.4) is 0 Å². The van der Waals surface area contributed by atoms with Crippen molar-refractivity contribution in [1.82, 2.24) is 0 Å². The zero-order chi connectivity index (χ0) is 21.9.